The summed E-state index contributed by atoms with van der Waals surface area (Å²) in [6.45, 7) is 3.65. The number of phenolic OH excluding ortho intramolecular Hbond substituents is 1. The van der Waals surface area contributed by atoms with Crippen LogP contribution in [-0.2, 0) is 0 Å². The number of phenols is 1. The number of hydrogen-bond donors (Lipinski definition) is 2. The van der Waals surface area contributed by atoms with Crippen molar-refractivity contribution in [3.05, 3.63) is 42.0 Å². The van der Waals surface area contributed by atoms with Crippen molar-refractivity contribution in [1.29, 1.82) is 0 Å². The number of nitrogens with zero attached hydrogens (tertiary/aromatic N) is 4. The van der Waals surface area contributed by atoms with Gasteiger partial charge in [-0.3, -0.25) is 4.98 Å². The molecular weight excluding hydrogens is 345 g/mol. The summed E-state index contributed by atoms with van der Waals surface area (Å²) >= 11 is 0. The number of aryl methyl sites for hydroxylation is 1. The molecule has 140 valence electrons. The number of nitrogens with one attached hydrogen (secondary N) is 1. The lowest BCUT2D eigenvalue weighted by Crippen LogP contribution is -2.40. The van der Waals surface area contributed by atoms with Gasteiger partial charge >= 0.3 is 0 Å². The molecule has 0 amide bonds. The van der Waals surface area contributed by atoms with Gasteiger partial charge < -0.3 is 15.3 Å². The number of aromatic hydroxyl groups is 1. The Labute approximate surface area is 157 Å². The smallest absolute Gasteiger partial charge is 0.158 e. The Morgan fingerprint density at radius 1 is 1.26 bits per heavy atom. The highest BCUT2D eigenvalue weighted by Crippen LogP contribution is 2.35. The summed E-state index contributed by atoms with van der Waals surface area (Å²) in [6, 6.07) is 4.81. The van der Waals surface area contributed by atoms with Gasteiger partial charge in [0.2, 0.25) is 0 Å². The van der Waals surface area contributed by atoms with E-state index in [9.17, 15) is 9.50 Å². The van der Waals surface area contributed by atoms with E-state index in [0.29, 0.717) is 22.6 Å². The normalized spacial score (nSPS) is 18.0. The highest BCUT2D eigenvalue weighted by molar-refractivity contribution is 6.00. The maximum Gasteiger partial charge on any atom is 0.158 e. The number of aromatic nitrogens is 3. The molecule has 3 aromatic rings. The van der Waals surface area contributed by atoms with Crippen molar-refractivity contribution in [2.75, 3.05) is 25.5 Å². The van der Waals surface area contributed by atoms with Gasteiger partial charge in [0.05, 0.1) is 0 Å². The summed E-state index contributed by atoms with van der Waals surface area (Å²) in [7, 11) is 2.11. The van der Waals surface area contributed by atoms with Gasteiger partial charge in [0, 0.05) is 41.3 Å². The molecule has 0 aliphatic carbocycles. The van der Waals surface area contributed by atoms with Crippen molar-refractivity contribution < 1.29 is 9.50 Å². The molecule has 0 spiro atoms. The lowest BCUT2D eigenvalue weighted by Gasteiger charge is -2.30. The molecule has 1 aliphatic rings. The van der Waals surface area contributed by atoms with Crippen LogP contribution >= 0.6 is 0 Å². The first-order valence-electron chi connectivity index (χ1n) is 9.08. The van der Waals surface area contributed by atoms with E-state index >= 15 is 0 Å². The van der Waals surface area contributed by atoms with E-state index in [1.807, 2.05) is 6.07 Å². The minimum absolute atomic E-state index is 0.0177. The van der Waals surface area contributed by atoms with E-state index in [1.54, 1.807) is 19.3 Å². The number of benzene rings is 1. The van der Waals surface area contributed by atoms with Crippen LogP contribution in [0.1, 0.15) is 18.4 Å². The van der Waals surface area contributed by atoms with Crippen molar-refractivity contribution >= 4 is 16.6 Å². The maximum atomic E-state index is 14.1. The van der Waals surface area contributed by atoms with Crippen molar-refractivity contribution in [2.45, 2.75) is 25.8 Å². The quantitative estimate of drug-likeness (QED) is 0.740. The Balaban J connectivity index is 1.78. The van der Waals surface area contributed by atoms with Gasteiger partial charge in [-0.15, -0.1) is 10.2 Å². The molecule has 7 heteroatoms. The zero-order valence-corrected chi connectivity index (χ0v) is 15.4. The predicted octanol–water partition coefficient (Wildman–Crippen LogP) is 3.35. The number of piperidine rings is 1. The third kappa shape index (κ3) is 3.42. The first-order valence-corrected chi connectivity index (χ1v) is 9.08. The van der Waals surface area contributed by atoms with E-state index in [1.165, 1.54) is 12.1 Å². The van der Waals surface area contributed by atoms with E-state index in [-0.39, 0.29) is 17.6 Å². The van der Waals surface area contributed by atoms with Crippen molar-refractivity contribution in [2.24, 2.45) is 0 Å². The van der Waals surface area contributed by atoms with Crippen LogP contribution in [0.5, 0.6) is 5.75 Å². The Hall–Kier alpha value is -2.80. The summed E-state index contributed by atoms with van der Waals surface area (Å²) in [5, 5.41) is 24.0. The van der Waals surface area contributed by atoms with Crippen molar-refractivity contribution in [1.82, 2.24) is 20.1 Å². The zero-order chi connectivity index (χ0) is 19.0. The molecule has 27 heavy (non-hydrogen) atoms. The summed E-state index contributed by atoms with van der Waals surface area (Å²) in [5.74, 6) is 0.254. The molecule has 0 radical (unpaired) electrons. The van der Waals surface area contributed by atoms with E-state index < -0.39 is 0 Å². The van der Waals surface area contributed by atoms with Crippen LogP contribution in [0.2, 0.25) is 0 Å². The maximum absolute atomic E-state index is 14.1. The first-order chi connectivity index (χ1) is 13.0. The summed E-state index contributed by atoms with van der Waals surface area (Å²) in [5.41, 5.74) is 1.15. The SMILES string of the molecule is Cc1cc(O)c(-c2nnc(N[C@@H]3CCCN(C)C3)c3cnccc23)cc1F. The topological polar surface area (TPSA) is 74.2 Å². The molecule has 0 bridgehead atoms. The Morgan fingerprint density at radius 3 is 2.93 bits per heavy atom. The van der Waals surface area contributed by atoms with Crippen LogP contribution in [0.15, 0.2) is 30.6 Å². The minimum atomic E-state index is -0.390. The number of halogens is 1. The zero-order valence-electron chi connectivity index (χ0n) is 15.4. The van der Waals surface area contributed by atoms with Gasteiger partial charge in [-0.05, 0) is 57.1 Å². The van der Waals surface area contributed by atoms with Crippen LogP contribution in [0, 0.1) is 12.7 Å². The summed E-state index contributed by atoms with van der Waals surface area (Å²) in [6.07, 6.45) is 5.59. The van der Waals surface area contributed by atoms with Gasteiger partial charge in [0.1, 0.15) is 17.3 Å². The fraction of sp³-hybridized carbons (Fsp3) is 0.350. The molecule has 1 atom stereocenters. The number of hydrogen-bond acceptors (Lipinski definition) is 6. The average molecular weight is 367 g/mol. The molecule has 0 unspecified atom stereocenters. The Kier molecular flexibility index (Phi) is 4.61. The molecule has 2 N–H and O–H groups in total. The average Bonchev–Trinajstić information content (AvgIpc) is 2.65. The monoisotopic (exact) mass is 367 g/mol. The van der Waals surface area contributed by atoms with Gasteiger partial charge in [-0.25, -0.2) is 4.39 Å². The molecule has 3 heterocycles. The van der Waals surface area contributed by atoms with Crippen LogP contribution in [0.3, 0.4) is 0 Å². The summed E-state index contributed by atoms with van der Waals surface area (Å²) in [4.78, 5) is 6.50. The number of rotatable bonds is 3. The molecule has 1 saturated heterocycles. The molecular formula is C20H22FN5O. The summed E-state index contributed by atoms with van der Waals surface area (Å²) < 4.78 is 14.1. The van der Waals surface area contributed by atoms with Gasteiger partial charge in [-0.1, -0.05) is 0 Å². The van der Waals surface area contributed by atoms with E-state index in [0.717, 1.165) is 36.7 Å². The van der Waals surface area contributed by atoms with Gasteiger partial charge in [0.15, 0.2) is 5.82 Å². The molecule has 4 rings (SSSR count). The molecule has 1 aliphatic heterocycles. The largest absolute Gasteiger partial charge is 0.507 e. The minimum Gasteiger partial charge on any atom is -0.507 e. The highest BCUT2D eigenvalue weighted by Gasteiger charge is 2.20. The van der Waals surface area contributed by atoms with Gasteiger partial charge in [0.25, 0.3) is 0 Å². The third-order valence-electron chi connectivity index (χ3n) is 5.08. The molecule has 0 saturated carbocycles. The second kappa shape index (κ2) is 7.08. The van der Waals surface area contributed by atoms with Crippen molar-refractivity contribution in [3.8, 4) is 17.0 Å². The Bertz CT molecular complexity index is 994. The fourth-order valence-electron chi connectivity index (χ4n) is 3.64. The standard InChI is InChI=1S/C20H22FN5O/c1-12-8-18(27)15(9-17(12)21)19-14-5-6-22-10-16(14)20(25-24-19)23-13-4-3-7-26(2)11-13/h5-6,8-10,13,27H,3-4,7,11H2,1-2H3,(H,23,25)/t13-/m1/s1. The number of likely N-dealkylation sites (N-methyl/N-ethyl adjacent to an activating group) is 1. The first kappa shape index (κ1) is 17.6. The van der Waals surface area contributed by atoms with Crippen LogP contribution < -0.4 is 5.32 Å². The Morgan fingerprint density at radius 2 is 2.11 bits per heavy atom. The highest BCUT2D eigenvalue weighted by atomic mass is 19.1. The number of anilines is 1. The molecule has 2 aromatic heterocycles. The second-order valence-corrected chi connectivity index (χ2v) is 7.18. The molecule has 6 nitrogen and oxygen atoms in total. The lowest BCUT2D eigenvalue weighted by atomic mass is 10.0. The van der Waals surface area contributed by atoms with Gasteiger partial charge in [-0.2, -0.15) is 0 Å². The van der Waals surface area contributed by atoms with E-state index in [4.69, 9.17) is 0 Å². The van der Waals surface area contributed by atoms with Crippen LogP contribution in [0.4, 0.5) is 10.2 Å². The second-order valence-electron chi connectivity index (χ2n) is 7.18. The van der Waals surface area contributed by atoms with Crippen molar-refractivity contribution in [3.63, 3.8) is 0 Å². The molecule has 1 aromatic carbocycles. The number of pyridine rings is 1. The molecule has 1 fully saturated rings. The third-order valence-corrected chi connectivity index (χ3v) is 5.08. The lowest BCUT2D eigenvalue weighted by molar-refractivity contribution is 0.261. The van der Waals surface area contributed by atoms with Crippen LogP contribution in [0.25, 0.3) is 22.0 Å². The number of likely N-dealkylation sites (tertiary alicyclic amines) is 1. The predicted molar refractivity (Wildman–Crippen MR) is 103 cm³/mol. The van der Waals surface area contributed by atoms with E-state index in [2.05, 4.69) is 32.4 Å². The number of fused-ring (bicyclic) bond motifs is 1. The van der Waals surface area contributed by atoms with Crippen LogP contribution in [-0.4, -0.2) is 51.4 Å². The fourth-order valence-corrected chi connectivity index (χ4v) is 3.64.